The Morgan fingerprint density at radius 2 is 1.92 bits per heavy atom. The number of aliphatic hydroxyl groups is 1. The molecule has 1 saturated heterocycles. The normalized spacial score (nSPS) is 16.1. The number of nitrogens with zero attached hydrogens (tertiary/aromatic N) is 1. The summed E-state index contributed by atoms with van der Waals surface area (Å²) in [6, 6.07) is 10.0. The third-order valence-electron chi connectivity index (χ3n) is 6.85. The molecule has 3 aromatic rings. The number of alkyl halides is 3. The highest BCUT2D eigenvalue weighted by Gasteiger charge is 2.33. The standard InChI is InChI=1S/C27H29F3N2O5/c1-16-21-7-6-20(36-15-19(33)14-32-10-8-17(9-11-32)25(31)34)13-24(21)37-26(35)22(16)12-18-4-2-3-5-23(18)27(28,29)30/h2-7,13,17,19,33H,8-12,14-15H2,1H3,(H2,31,34). The van der Waals surface area contributed by atoms with Crippen LogP contribution in [-0.2, 0) is 17.4 Å². The molecule has 0 radical (unpaired) electrons. The van der Waals surface area contributed by atoms with Gasteiger partial charge in [0.25, 0.3) is 0 Å². The molecule has 2 heterocycles. The van der Waals surface area contributed by atoms with E-state index in [2.05, 4.69) is 4.90 Å². The van der Waals surface area contributed by atoms with Gasteiger partial charge in [0.05, 0.1) is 5.56 Å². The summed E-state index contributed by atoms with van der Waals surface area (Å²) in [5.41, 5.74) is 4.80. The number of hydrogen-bond acceptors (Lipinski definition) is 6. The van der Waals surface area contributed by atoms with Gasteiger partial charge in [-0.3, -0.25) is 4.79 Å². The van der Waals surface area contributed by atoms with Crippen LogP contribution in [0, 0.1) is 12.8 Å². The molecule has 1 amide bonds. The van der Waals surface area contributed by atoms with Gasteiger partial charge in [0.2, 0.25) is 5.91 Å². The summed E-state index contributed by atoms with van der Waals surface area (Å²) >= 11 is 0. The number of ether oxygens (including phenoxy) is 1. The van der Waals surface area contributed by atoms with Crippen molar-refractivity contribution >= 4 is 16.9 Å². The van der Waals surface area contributed by atoms with E-state index in [0.29, 0.717) is 49.2 Å². The first kappa shape index (κ1) is 26.7. The van der Waals surface area contributed by atoms with E-state index >= 15 is 0 Å². The summed E-state index contributed by atoms with van der Waals surface area (Å²) < 4.78 is 51.3. The summed E-state index contributed by atoms with van der Waals surface area (Å²) in [4.78, 5) is 26.1. The summed E-state index contributed by atoms with van der Waals surface area (Å²) in [6.45, 7) is 3.41. The van der Waals surface area contributed by atoms with Gasteiger partial charge >= 0.3 is 11.8 Å². The number of hydrogen-bond donors (Lipinski definition) is 2. The smallest absolute Gasteiger partial charge is 0.416 e. The summed E-state index contributed by atoms with van der Waals surface area (Å²) in [5.74, 6) is -0.0306. The minimum atomic E-state index is -4.53. The van der Waals surface area contributed by atoms with Crippen molar-refractivity contribution in [3.8, 4) is 5.75 Å². The van der Waals surface area contributed by atoms with Gasteiger partial charge in [-0.25, -0.2) is 4.79 Å². The molecule has 1 aromatic heterocycles. The lowest BCUT2D eigenvalue weighted by Crippen LogP contribution is -2.43. The highest BCUT2D eigenvalue weighted by molar-refractivity contribution is 5.82. The highest BCUT2D eigenvalue weighted by atomic mass is 19.4. The van der Waals surface area contributed by atoms with Crippen LogP contribution < -0.4 is 16.1 Å². The lowest BCUT2D eigenvalue weighted by molar-refractivity contribution is -0.138. The number of aryl methyl sites for hydroxylation is 1. The maximum Gasteiger partial charge on any atom is 0.416 e. The van der Waals surface area contributed by atoms with E-state index in [0.717, 1.165) is 6.07 Å². The van der Waals surface area contributed by atoms with E-state index in [1.165, 1.54) is 24.3 Å². The quantitative estimate of drug-likeness (QED) is 0.441. The number of nitrogens with two attached hydrogens (primary N) is 1. The number of halogens is 3. The Bertz CT molecular complexity index is 1330. The van der Waals surface area contributed by atoms with Gasteiger partial charge < -0.3 is 24.9 Å². The largest absolute Gasteiger partial charge is 0.491 e. The van der Waals surface area contributed by atoms with E-state index < -0.39 is 23.5 Å². The van der Waals surface area contributed by atoms with Gasteiger partial charge in [0.1, 0.15) is 24.0 Å². The van der Waals surface area contributed by atoms with Crippen LogP contribution in [-0.4, -0.2) is 48.3 Å². The number of fused-ring (bicyclic) bond motifs is 1. The van der Waals surface area contributed by atoms with Crippen molar-refractivity contribution in [3.05, 3.63) is 75.1 Å². The molecule has 2 aromatic carbocycles. The average molecular weight is 519 g/mol. The minimum absolute atomic E-state index is 0.00227. The van der Waals surface area contributed by atoms with Gasteiger partial charge in [0.15, 0.2) is 0 Å². The van der Waals surface area contributed by atoms with Crippen LogP contribution in [0.4, 0.5) is 13.2 Å². The molecule has 37 heavy (non-hydrogen) atoms. The zero-order valence-corrected chi connectivity index (χ0v) is 20.4. The first-order chi connectivity index (χ1) is 17.5. The average Bonchev–Trinajstić information content (AvgIpc) is 2.85. The van der Waals surface area contributed by atoms with Crippen molar-refractivity contribution in [2.45, 2.75) is 38.5 Å². The molecule has 0 aliphatic carbocycles. The van der Waals surface area contributed by atoms with Crippen LogP contribution in [0.2, 0.25) is 0 Å². The maximum absolute atomic E-state index is 13.4. The third kappa shape index (κ3) is 6.31. The SMILES string of the molecule is Cc1c(Cc2ccccc2C(F)(F)F)c(=O)oc2cc(OCC(O)CN3CCC(C(N)=O)CC3)ccc12. The monoisotopic (exact) mass is 518 g/mol. The van der Waals surface area contributed by atoms with Crippen molar-refractivity contribution in [2.75, 3.05) is 26.2 Å². The number of carbonyl (C=O) groups excluding carboxylic acids is 1. The Kier molecular flexibility index (Phi) is 7.89. The Hall–Kier alpha value is -3.37. The van der Waals surface area contributed by atoms with Gasteiger partial charge in [0, 0.05) is 35.9 Å². The number of likely N-dealkylation sites (tertiary alicyclic amines) is 1. The summed E-state index contributed by atoms with van der Waals surface area (Å²) in [5, 5.41) is 11.0. The lowest BCUT2D eigenvalue weighted by atomic mass is 9.96. The van der Waals surface area contributed by atoms with Crippen LogP contribution in [0.15, 0.2) is 51.7 Å². The predicted octanol–water partition coefficient (Wildman–Crippen LogP) is 3.65. The fourth-order valence-corrected chi connectivity index (χ4v) is 4.75. The van der Waals surface area contributed by atoms with Crippen LogP contribution in [0.5, 0.6) is 5.75 Å². The molecule has 0 spiro atoms. The van der Waals surface area contributed by atoms with E-state index in [-0.39, 0.29) is 41.6 Å². The predicted molar refractivity (Wildman–Crippen MR) is 131 cm³/mol. The molecule has 10 heteroatoms. The fraction of sp³-hybridized carbons (Fsp3) is 0.407. The number of carbonyl (C=O) groups is 1. The number of β-amino-alcohol motifs (C(OH)–C–C–N with tert-alkyl or cyclic N) is 1. The number of benzene rings is 2. The third-order valence-corrected chi connectivity index (χ3v) is 6.85. The fourth-order valence-electron chi connectivity index (χ4n) is 4.75. The Morgan fingerprint density at radius 1 is 1.22 bits per heavy atom. The van der Waals surface area contributed by atoms with Gasteiger partial charge in [-0.1, -0.05) is 18.2 Å². The Labute approximate surface area is 211 Å². The molecule has 0 bridgehead atoms. The Balaban J connectivity index is 1.44. The first-order valence-electron chi connectivity index (χ1n) is 12.1. The van der Waals surface area contributed by atoms with Gasteiger partial charge in [-0.2, -0.15) is 13.2 Å². The molecule has 198 valence electrons. The van der Waals surface area contributed by atoms with Crippen LogP contribution in [0.25, 0.3) is 11.0 Å². The summed E-state index contributed by atoms with van der Waals surface area (Å²) in [6.07, 6.45) is -4.18. The number of rotatable bonds is 8. The Morgan fingerprint density at radius 3 is 2.59 bits per heavy atom. The van der Waals surface area contributed by atoms with E-state index in [4.69, 9.17) is 14.9 Å². The van der Waals surface area contributed by atoms with Gasteiger partial charge in [-0.15, -0.1) is 0 Å². The van der Waals surface area contributed by atoms with Crippen molar-refractivity contribution in [2.24, 2.45) is 11.7 Å². The second kappa shape index (κ2) is 10.9. The zero-order chi connectivity index (χ0) is 26.7. The number of piperidine rings is 1. The van der Waals surface area contributed by atoms with Crippen molar-refractivity contribution < 1.29 is 32.2 Å². The molecular formula is C27H29F3N2O5. The van der Waals surface area contributed by atoms with E-state index in [1.807, 2.05) is 0 Å². The highest BCUT2D eigenvalue weighted by Crippen LogP contribution is 2.33. The number of amides is 1. The van der Waals surface area contributed by atoms with E-state index in [1.54, 1.807) is 19.1 Å². The molecule has 1 unspecified atom stereocenters. The molecule has 4 rings (SSSR count). The molecule has 7 nitrogen and oxygen atoms in total. The van der Waals surface area contributed by atoms with Crippen molar-refractivity contribution in [1.82, 2.24) is 4.90 Å². The minimum Gasteiger partial charge on any atom is -0.491 e. The maximum atomic E-state index is 13.4. The second-order valence-electron chi connectivity index (χ2n) is 9.42. The molecule has 1 aliphatic rings. The molecule has 1 fully saturated rings. The molecular weight excluding hydrogens is 489 g/mol. The number of primary amides is 1. The number of aliphatic hydroxyl groups excluding tert-OH is 1. The van der Waals surface area contributed by atoms with Crippen LogP contribution in [0.1, 0.15) is 35.1 Å². The zero-order valence-electron chi connectivity index (χ0n) is 20.4. The molecule has 3 N–H and O–H groups in total. The topological polar surface area (TPSA) is 106 Å². The molecule has 1 aliphatic heterocycles. The first-order valence-corrected chi connectivity index (χ1v) is 12.1. The van der Waals surface area contributed by atoms with Gasteiger partial charge in [-0.05, 0) is 62.2 Å². The molecule has 1 atom stereocenters. The lowest BCUT2D eigenvalue weighted by Gasteiger charge is -2.31. The second-order valence-corrected chi connectivity index (χ2v) is 9.42. The van der Waals surface area contributed by atoms with Crippen molar-refractivity contribution in [1.29, 1.82) is 0 Å². The van der Waals surface area contributed by atoms with E-state index in [9.17, 15) is 27.9 Å². The van der Waals surface area contributed by atoms with Crippen molar-refractivity contribution in [3.63, 3.8) is 0 Å². The molecule has 0 saturated carbocycles. The van der Waals surface area contributed by atoms with Crippen LogP contribution in [0.3, 0.4) is 0 Å². The summed E-state index contributed by atoms with van der Waals surface area (Å²) in [7, 11) is 0. The van der Waals surface area contributed by atoms with Crippen LogP contribution >= 0.6 is 0 Å².